The van der Waals surface area contributed by atoms with E-state index >= 15 is 0 Å². The van der Waals surface area contributed by atoms with Gasteiger partial charge in [-0.05, 0) is 70.0 Å². The van der Waals surface area contributed by atoms with Crippen LogP contribution < -0.4 is 10.1 Å². The van der Waals surface area contributed by atoms with Crippen LogP contribution in [0, 0.1) is 6.92 Å². The Bertz CT molecular complexity index is 1250. The number of amides is 1. The lowest BCUT2D eigenvalue weighted by atomic mass is 9.78. The molecule has 0 radical (unpaired) electrons. The average Bonchev–Trinajstić information content (AvgIpc) is 3.56. The van der Waals surface area contributed by atoms with Gasteiger partial charge < -0.3 is 33.9 Å². The number of fused-ring (bicyclic) bond motifs is 1. The zero-order chi connectivity index (χ0) is 30.7. The number of halogens is 3. The van der Waals surface area contributed by atoms with Crippen molar-refractivity contribution in [2.45, 2.75) is 95.7 Å². The highest BCUT2D eigenvalue weighted by atomic mass is 19.4. The first-order valence-electron chi connectivity index (χ1n) is 14.9. The molecule has 2 aliphatic heterocycles. The van der Waals surface area contributed by atoms with Crippen LogP contribution in [0.1, 0.15) is 56.2 Å². The number of nitrogens with one attached hydrogen (secondary N) is 1. The first kappa shape index (κ1) is 31.7. The van der Waals surface area contributed by atoms with E-state index < -0.39 is 36.1 Å². The molecule has 1 unspecified atom stereocenters. The second kappa shape index (κ2) is 13.1. The molecule has 8 nitrogen and oxygen atoms in total. The summed E-state index contributed by atoms with van der Waals surface area (Å²) in [5, 5.41) is 3.11. The van der Waals surface area contributed by atoms with Gasteiger partial charge in [0.25, 0.3) is 5.91 Å². The van der Waals surface area contributed by atoms with Gasteiger partial charge in [0, 0.05) is 25.9 Å². The fourth-order valence-corrected chi connectivity index (χ4v) is 6.26. The van der Waals surface area contributed by atoms with Gasteiger partial charge in [-0.15, -0.1) is 13.2 Å². The fraction of sp³-hybridized carbons (Fsp3) is 0.594. The summed E-state index contributed by atoms with van der Waals surface area (Å²) in [6.07, 6.45) is -3.61. The van der Waals surface area contributed by atoms with Gasteiger partial charge in [-0.25, -0.2) is 0 Å². The largest absolute Gasteiger partial charge is 0.573 e. The van der Waals surface area contributed by atoms with Gasteiger partial charge in [-0.1, -0.05) is 42.0 Å². The highest BCUT2D eigenvalue weighted by Gasteiger charge is 2.58. The number of rotatable bonds is 11. The highest BCUT2D eigenvalue weighted by Crippen LogP contribution is 2.44. The summed E-state index contributed by atoms with van der Waals surface area (Å²) >= 11 is 0. The molecule has 0 bridgehead atoms. The van der Waals surface area contributed by atoms with Gasteiger partial charge in [-0.2, -0.15) is 0 Å². The Balaban J connectivity index is 1.36. The molecule has 3 fully saturated rings. The Morgan fingerprint density at radius 1 is 1.02 bits per heavy atom. The van der Waals surface area contributed by atoms with Crippen LogP contribution in [0.5, 0.6) is 5.75 Å². The number of hydrogen-bond acceptors (Lipinski definition) is 7. The summed E-state index contributed by atoms with van der Waals surface area (Å²) in [7, 11) is 0. The molecule has 3 aliphatic rings. The van der Waals surface area contributed by atoms with Crippen LogP contribution in [0.4, 0.5) is 13.2 Å². The molecule has 0 aromatic heterocycles. The van der Waals surface area contributed by atoms with E-state index in [4.69, 9.17) is 18.9 Å². The molecule has 1 N–H and O–H groups in total. The molecule has 1 saturated carbocycles. The minimum atomic E-state index is -4.80. The summed E-state index contributed by atoms with van der Waals surface area (Å²) < 4.78 is 67.8. The van der Waals surface area contributed by atoms with E-state index in [0.29, 0.717) is 12.1 Å². The number of nitrogens with zero attached hydrogens (tertiary/aromatic N) is 1. The third-order valence-corrected chi connectivity index (χ3v) is 8.17. The van der Waals surface area contributed by atoms with E-state index in [1.807, 2.05) is 45.0 Å². The van der Waals surface area contributed by atoms with Gasteiger partial charge in [0.15, 0.2) is 11.4 Å². The van der Waals surface area contributed by atoms with Crippen LogP contribution >= 0.6 is 0 Å². The summed E-state index contributed by atoms with van der Waals surface area (Å²) in [6.45, 7) is 9.12. The maximum atomic E-state index is 14.0. The van der Waals surface area contributed by atoms with Crippen molar-refractivity contribution in [2.24, 2.45) is 0 Å². The number of carbonyl (C=O) groups is 1. The zero-order valence-electron chi connectivity index (χ0n) is 25.0. The number of carbonyl (C=O) groups excluding carboxylic acids is 1. The Labute approximate surface area is 250 Å². The molecule has 4 atom stereocenters. The summed E-state index contributed by atoms with van der Waals surface area (Å²) in [4.78, 5) is 16.3. The molecule has 1 aliphatic carbocycles. The Morgan fingerprint density at radius 2 is 1.74 bits per heavy atom. The Hall–Kier alpha value is -2.70. The molecule has 0 spiro atoms. The Morgan fingerprint density at radius 3 is 2.47 bits per heavy atom. The van der Waals surface area contributed by atoms with Crippen molar-refractivity contribution >= 4 is 5.91 Å². The summed E-state index contributed by atoms with van der Waals surface area (Å²) in [5.74, 6) is -1.47. The third-order valence-electron chi connectivity index (χ3n) is 8.17. The Kier molecular flexibility index (Phi) is 9.67. The SMILES string of the molecule is Cc1cccc(CO[C@]2(C(=O)NCCN3CCCC3)CC(OCc3cccc(OC(F)(F)F)c3)[C@@H]3OC(C)(C)O[C@@H]3C2)c1. The molecule has 2 saturated heterocycles. The number of benzene rings is 2. The van der Waals surface area contributed by atoms with Gasteiger partial charge in [0.2, 0.25) is 0 Å². The normalized spacial score (nSPS) is 27.2. The van der Waals surface area contributed by atoms with Crippen LogP contribution in [-0.2, 0) is 37.0 Å². The van der Waals surface area contributed by atoms with E-state index in [1.165, 1.54) is 18.2 Å². The molecule has 11 heteroatoms. The molecule has 2 heterocycles. The quantitative estimate of drug-likeness (QED) is 0.374. The maximum Gasteiger partial charge on any atom is 0.573 e. The van der Waals surface area contributed by atoms with Crippen molar-refractivity contribution < 1.29 is 41.7 Å². The molecular weight excluding hydrogens is 565 g/mol. The highest BCUT2D eigenvalue weighted by molar-refractivity contribution is 5.85. The first-order chi connectivity index (χ1) is 20.4. The lowest BCUT2D eigenvalue weighted by Crippen LogP contribution is -2.60. The number of hydrogen-bond donors (Lipinski definition) is 1. The summed E-state index contributed by atoms with van der Waals surface area (Å²) in [6, 6.07) is 13.6. The molecular formula is C32H41F3N2O6. The second-order valence-electron chi connectivity index (χ2n) is 12.2. The van der Waals surface area contributed by atoms with Crippen LogP contribution in [-0.4, -0.2) is 73.0 Å². The van der Waals surface area contributed by atoms with Crippen molar-refractivity contribution in [1.29, 1.82) is 0 Å². The minimum Gasteiger partial charge on any atom is -0.406 e. The monoisotopic (exact) mass is 606 g/mol. The lowest BCUT2D eigenvalue weighted by molar-refractivity contribution is -0.274. The van der Waals surface area contributed by atoms with Crippen molar-refractivity contribution in [2.75, 3.05) is 26.2 Å². The summed E-state index contributed by atoms with van der Waals surface area (Å²) in [5.41, 5.74) is 1.24. The van der Waals surface area contributed by atoms with Gasteiger partial charge >= 0.3 is 6.36 Å². The molecule has 1 amide bonds. The second-order valence-corrected chi connectivity index (χ2v) is 12.2. The lowest BCUT2D eigenvalue weighted by Gasteiger charge is -2.43. The van der Waals surface area contributed by atoms with E-state index in [9.17, 15) is 18.0 Å². The van der Waals surface area contributed by atoms with Gasteiger partial charge in [0.1, 0.15) is 11.9 Å². The molecule has 43 heavy (non-hydrogen) atoms. The zero-order valence-corrected chi connectivity index (χ0v) is 25.0. The van der Waals surface area contributed by atoms with Crippen LogP contribution in [0.3, 0.4) is 0 Å². The smallest absolute Gasteiger partial charge is 0.406 e. The van der Waals surface area contributed by atoms with Crippen molar-refractivity contribution in [3.05, 3.63) is 65.2 Å². The van der Waals surface area contributed by atoms with Crippen molar-refractivity contribution in [3.8, 4) is 5.75 Å². The minimum absolute atomic E-state index is 0.0166. The topological polar surface area (TPSA) is 78.5 Å². The third kappa shape index (κ3) is 8.48. The van der Waals surface area contributed by atoms with Gasteiger partial charge in [0.05, 0.1) is 25.4 Å². The number of ether oxygens (including phenoxy) is 5. The fourth-order valence-electron chi connectivity index (χ4n) is 6.26. The van der Waals surface area contributed by atoms with Crippen LogP contribution in [0.15, 0.2) is 48.5 Å². The number of aryl methyl sites for hydroxylation is 1. The van der Waals surface area contributed by atoms with Crippen molar-refractivity contribution in [1.82, 2.24) is 10.2 Å². The molecule has 2 aromatic rings. The van der Waals surface area contributed by atoms with Crippen LogP contribution in [0.2, 0.25) is 0 Å². The van der Waals surface area contributed by atoms with E-state index in [2.05, 4.69) is 15.0 Å². The standard InChI is InChI=1S/C32H41F3N2O6/c1-22-8-6-9-23(16-22)21-40-31(29(38)36-12-15-37-13-4-5-14-37)18-26(28-27(19-31)42-30(2,3)43-28)39-20-24-10-7-11-25(17-24)41-32(33,34)35/h6-11,16-17,26-28H,4-5,12-15,18-21H2,1-3H3,(H,36,38)/t26?,27-,28+,31-/m1/s1. The van der Waals surface area contributed by atoms with Crippen LogP contribution in [0.25, 0.3) is 0 Å². The van der Waals surface area contributed by atoms with E-state index in [-0.39, 0.29) is 37.7 Å². The van der Waals surface area contributed by atoms with E-state index in [1.54, 1.807) is 6.07 Å². The average molecular weight is 607 g/mol. The van der Waals surface area contributed by atoms with Crippen molar-refractivity contribution in [3.63, 3.8) is 0 Å². The van der Waals surface area contributed by atoms with E-state index in [0.717, 1.165) is 43.6 Å². The molecule has 2 aromatic carbocycles. The van der Waals surface area contributed by atoms with Gasteiger partial charge in [-0.3, -0.25) is 4.79 Å². The predicted molar refractivity (Wildman–Crippen MR) is 152 cm³/mol. The molecule has 236 valence electrons. The molecule has 5 rings (SSSR count). The predicted octanol–water partition coefficient (Wildman–Crippen LogP) is 5.26. The first-order valence-corrected chi connectivity index (χ1v) is 14.9. The maximum absolute atomic E-state index is 14.0. The number of likely N-dealkylation sites (tertiary alicyclic amines) is 1. The number of alkyl halides is 3.